The highest BCUT2D eigenvalue weighted by Gasteiger charge is 2.14. The fourth-order valence-corrected chi connectivity index (χ4v) is 1.98. The van der Waals surface area contributed by atoms with Gasteiger partial charge in [-0.15, -0.1) is 0 Å². The van der Waals surface area contributed by atoms with Gasteiger partial charge in [0.25, 0.3) is 0 Å². The Balaban J connectivity index is 1.98. The van der Waals surface area contributed by atoms with Crippen molar-refractivity contribution in [3.8, 4) is 0 Å². The van der Waals surface area contributed by atoms with Crippen LogP contribution in [0.2, 0.25) is 0 Å². The highest BCUT2D eigenvalue weighted by Crippen LogP contribution is 2.16. The zero-order chi connectivity index (χ0) is 11.1. The van der Waals surface area contributed by atoms with Crippen molar-refractivity contribution >= 4 is 5.91 Å². The number of hydrazine groups is 1. The Morgan fingerprint density at radius 2 is 2.07 bits per heavy atom. The molecule has 0 saturated carbocycles. The maximum Gasteiger partial charge on any atom is 0.233 e. The van der Waals surface area contributed by atoms with Crippen LogP contribution in [0.25, 0.3) is 0 Å². The standard InChI is InChI=1S/C11H23N3O/c1-10-5-8-14(9-6-10)7-3-2-4-11(15)13-12/h10H,2-9,12H2,1H3,(H,13,15). The summed E-state index contributed by atoms with van der Waals surface area (Å²) in [5.74, 6) is 5.84. The van der Waals surface area contributed by atoms with Crippen LogP contribution in [0.1, 0.15) is 39.0 Å². The van der Waals surface area contributed by atoms with E-state index in [0.29, 0.717) is 6.42 Å². The number of carbonyl (C=O) groups excluding carboxylic acids is 1. The summed E-state index contributed by atoms with van der Waals surface area (Å²) in [7, 11) is 0. The predicted molar refractivity (Wildman–Crippen MR) is 61.0 cm³/mol. The molecule has 3 N–H and O–H groups in total. The molecular formula is C11H23N3O. The fourth-order valence-electron chi connectivity index (χ4n) is 1.98. The van der Waals surface area contributed by atoms with Crippen molar-refractivity contribution in [3.63, 3.8) is 0 Å². The number of piperidine rings is 1. The smallest absolute Gasteiger partial charge is 0.233 e. The van der Waals surface area contributed by atoms with Gasteiger partial charge in [-0.3, -0.25) is 10.2 Å². The van der Waals surface area contributed by atoms with Gasteiger partial charge in [-0.1, -0.05) is 6.92 Å². The average molecular weight is 213 g/mol. The van der Waals surface area contributed by atoms with Crippen LogP contribution < -0.4 is 11.3 Å². The van der Waals surface area contributed by atoms with Gasteiger partial charge in [0.1, 0.15) is 0 Å². The van der Waals surface area contributed by atoms with Crippen LogP contribution in [0.15, 0.2) is 0 Å². The molecule has 0 aromatic carbocycles. The number of nitrogens with zero attached hydrogens (tertiary/aromatic N) is 1. The van der Waals surface area contributed by atoms with Crippen LogP contribution in [-0.4, -0.2) is 30.4 Å². The summed E-state index contributed by atoms with van der Waals surface area (Å²) >= 11 is 0. The maximum absolute atomic E-state index is 10.9. The highest BCUT2D eigenvalue weighted by molar-refractivity contribution is 5.75. The molecule has 0 aromatic rings. The molecule has 1 aliphatic rings. The fraction of sp³-hybridized carbons (Fsp3) is 0.909. The largest absolute Gasteiger partial charge is 0.303 e. The van der Waals surface area contributed by atoms with Gasteiger partial charge < -0.3 is 4.90 Å². The molecule has 0 aromatic heterocycles. The second-order valence-electron chi connectivity index (χ2n) is 4.55. The van der Waals surface area contributed by atoms with E-state index in [1.165, 1.54) is 25.9 Å². The van der Waals surface area contributed by atoms with Gasteiger partial charge >= 0.3 is 0 Å². The molecule has 1 fully saturated rings. The summed E-state index contributed by atoms with van der Waals surface area (Å²) in [6.07, 6.45) is 5.24. The van der Waals surface area contributed by atoms with Gasteiger partial charge in [0.2, 0.25) is 5.91 Å². The summed E-state index contributed by atoms with van der Waals surface area (Å²) in [6, 6.07) is 0. The number of amides is 1. The number of unbranched alkanes of at least 4 members (excludes halogenated alkanes) is 1. The number of likely N-dealkylation sites (tertiary alicyclic amines) is 1. The van der Waals surface area contributed by atoms with Crippen LogP contribution in [0, 0.1) is 5.92 Å². The lowest BCUT2D eigenvalue weighted by Gasteiger charge is -2.30. The summed E-state index contributed by atoms with van der Waals surface area (Å²) in [5, 5.41) is 0. The van der Waals surface area contributed by atoms with E-state index >= 15 is 0 Å². The SMILES string of the molecule is CC1CCN(CCCCC(=O)NN)CC1. The zero-order valence-electron chi connectivity index (χ0n) is 9.67. The lowest BCUT2D eigenvalue weighted by Crippen LogP contribution is -2.34. The Morgan fingerprint density at radius 1 is 1.40 bits per heavy atom. The Bertz CT molecular complexity index is 188. The Morgan fingerprint density at radius 3 is 2.67 bits per heavy atom. The first-order chi connectivity index (χ1) is 7.22. The first-order valence-corrected chi connectivity index (χ1v) is 5.94. The van der Waals surface area contributed by atoms with Crippen LogP contribution in [0.3, 0.4) is 0 Å². The average Bonchev–Trinajstić information content (AvgIpc) is 2.26. The van der Waals surface area contributed by atoms with Crippen molar-refractivity contribution in [1.29, 1.82) is 0 Å². The van der Waals surface area contributed by atoms with Gasteiger partial charge in [0.15, 0.2) is 0 Å². The summed E-state index contributed by atoms with van der Waals surface area (Å²) in [4.78, 5) is 13.4. The third-order valence-corrected chi connectivity index (χ3v) is 3.17. The molecule has 1 rings (SSSR count). The number of nitrogens with one attached hydrogen (secondary N) is 1. The summed E-state index contributed by atoms with van der Waals surface area (Å²) < 4.78 is 0. The van der Waals surface area contributed by atoms with E-state index in [4.69, 9.17) is 5.84 Å². The molecule has 4 heteroatoms. The van der Waals surface area contributed by atoms with E-state index in [-0.39, 0.29) is 5.91 Å². The number of rotatable bonds is 5. The third-order valence-electron chi connectivity index (χ3n) is 3.17. The number of nitrogens with two attached hydrogens (primary N) is 1. The minimum absolute atomic E-state index is 0.0535. The van der Waals surface area contributed by atoms with Crippen molar-refractivity contribution in [1.82, 2.24) is 10.3 Å². The van der Waals surface area contributed by atoms with Crippen LogP contribution in [-0.2, 0) is 4.79 Å². The molecule has 0 aliphatic carbocycles. The van der Waals surface area contributed by atoms with Crippen molar-refractivity contribution in [2.24, 2.45) is 11.8 Å². The number of hydrogen-bond acceptors (Lipinski definition) is 3. The van der Waals surface area contributed by atoms with Gasteiger partial charge in [-0.05, 0) is 51.2 Å². The molecule has 4 nitrogen and oxygen atoms in total. The van der Waals surface area contributed by atoms with Crippen LogP contribution >= 0.6 is 0 Å². The highest BCUT2D eigenvalue weighted by atomic mass is 16.2. The molecular weight excluding hydrogens is 190 g/mol. The molecule has 88 valence electrons. The summed E-state index contributed by atoms with van der Waals surface area (Å²) in [6.45, 7) is 5.90. The Hall–Kier alpha value is -0.610. The molecule has 15 heavy (non-hydrogen) atoms. The first kappa shape index (κ1) is 12.5. The van der Waals surface area contributed by atoms with E-state index in [0.717, 1.165) is 25.3 Å². The second-order valence-corrected chi connectivity index (χ2v) is 4.55. The summed E-state index contributed by atoms with van der Waals surface area (Å²) in [5.41, 5.74) is 2.16. The minimum atomic E-state index is -0.0535. The molecule has 0 atom stereocenters. The second kappa shape index (κ2) is 6.80. The molecule has 0 bridgehead atoms. The Labute approximate surface area is 92.2 Å². The maximum atomic E-state index is 10.9. The zero-order valence-corrected chi connectivity index (χ0v) is 9.67. The monoisotopic (exact) mass is 213 g/mol. The lowest BCUT2D eigenvalue weighted by molar-refractivity contribution is -0.121. The lowest BCUT2D eigenvalue weighted by atomic mass is 9.99. The molecule has 1 saturated heterocycles. The van der Waals surface area contributed by atoms with E-state index in [1.807, 2.05) is 0 Å². The van der Waals surface area contributed by atoms with Gasteiger partial charge in [0.05, 0.1) is 0 Å². The van der Waals surface area contributed by atoms with Crippen LogP contribution in [0.4, 0.5) is 0 Å². The number of hydrogen-bond donors (Lipinski definition) is 2. The molecule has 0 radical (unpaired) electrons. The normalized spacial score (nSPS) is 19.1. The van der Waals surface area contributed by atoms with Crippen LogP contribution in [0.5, 0.6) is 0 Å². The molecule has 1 aliphatic heterocycles. The third kappa shape index (κ3) is 5.14. The van der Waals surface area contributed by atoms with Crippen molar-refractivity contribution < 1.29 is 4.79 Å². The van der Waals surface area contributed by atoms with E-state index in [2.05, 4.69) is 17.2 Å². The van der Waals surface area contributed by atoms with Crippen molar-refractivity contribution in [2.45, 2.75) is 39.0 Å². The molecule has 0 unspecified atom stereocenters. The molecule has 1 heterocycles. The van der Waals surface area contributed by atoms with Gasteiger partial charge in [-0.2, -0.15) is 0 Å². The minimum Gasteiger partial charge on any atom is -0.303 e. The topological polar surface area (TPSA) is 58.4 Å². The molecule has 0 spiro atoms. The first-order valence-electron chi connectivity index (χ1n) is 5.94. The number of carbonyl (C=O) groups is 1. The van der Waals surface area contributed by atoms with Crippen molar-refractivity contribution in [2.75, 3.05) is 19.6 Å². The van der Waals surface area contributed by atoms with E-state index in [1.54, 1.807) is 0 Å². The predicted octanol–water partition coefficient (Wildman–Crippen LogP) is 0.879. The van der Waals surface area contributed by atoms with Gasteiger partial charge in [0, 0.05) is 6.42 Å². The van der Waals surface area contributed by atoms with Crippen molar-refractivity contribution in [3.05, 3.63) is 0 Å². The van der Waals surface area contributed by atoms with E-state index in [9.17, 15) is 4.79 Å². The molecule has 1 amide bonds. The Kier molecular flexibility index (Phi) is 5.65. The van der Waals surface area contributed by atoms with Gasteiger partial charge in [-0.25, -0.2) is 5.84 Å². The van der Waals surface area contributed by atoms with E-state index < -0.39 is 0 Å². The quantitative estimate of drug-likeness (QED) is 0.308.